The van der Waals surface area contributed by atoms with E-state index in [0.717, 1.165) is 11.3 Å². The van der Waals surface area contributed by atoms with E-state index in [0.29, 0.717) is 29.8 Å². The summed E-state index contributed by atoms with van der Waals surface area (Å²) in [5, 5.41) is 17.8. The Morgan fingerprint density at radius 3 is 2.89 bits per heavy atom. The molecule has 3 aromatic heterocycles. The van der Waals surface area contributed by atoms with Crippen LogP contribution < -0.4 is 26.7 Å². The first-order chi connectivity index (χ1) is 13.5. The van der Waals surface area contributed by atoms with Gasteiger partial charge in [0.25, 0.3) is 5.91 Å². The molecule has 0 fully saturated rings. The Balaban J connectivity index is 1.80. The minimum atomic E-state index is -0.794. The Kier molecular flexibility index (Phi) is 5.86. The number of nitrogens with one attached hydrogen (secondary N) is 2. The van der Waals surface area contributed by atoms with Gasteiger partial charge in [-0.1, -0.05) is 11.3 Å². The van der Waals surface area contributed by atoms with Crippen LogP contribution >= 0.6 is 11.3 Å². The second kappa shape index (κ2) is 8.49. The summed E-state index contributed by atoms with van der Waals surface area (Å²) in [7, 11) is 2.88. The van der Waals surface area contributed by atoms with Gasteiger partial charge in [0.15, 0.2) is 5.76 Å². The molecule has 13 heteroatoms. The van der Waals surface area contributed by atoms with Gasteiger partial charge in [-0.15, -0.1) is 10.2 Å². The molecule has 3 aromatic rings. The smallest absolute Gasteiger partial charge is 0.381 e. The molecule has 4 N–H and O–H groups in total. The fraction of sp³-hybridized carbons (Fsp3) is 0.267. The number of nitrogens with two attached hydrogens (primary N) is 1. The zero-order chi connectivity index (χ0) is 20.1. The molecule has 0 atom stereocenters. The number of carbonyl (C=O) groups excluding carboxylic acids is 1. The number of nitrogen functional groups attached to an aromatic ring is 1. The van der Waals surface area contributed by atoms with Gasteiger partial charge in [0.2, 0.25) is 16.0 Å². The van der Waals surface area contributed by atoms with Crippen LogP contribution in [0.15, 0.2) is 27.5 Å². The summed E-state index contributed by atoms with van der Waals surface area (Å²) in [6.45, 7) is 0.803. The van der Waals surface area contributed by atoms with Crippen molar-refractivity contribution in [1.29, 1.82) is 0 Å². The molecule has 0 aliphatic carbocycles. The lowest BCUT2D eigenvalue weighted by Crippen LogP contribution is -2.18. The monoisotopic (exact) mass is 407 g/mol. The summed E-state index contributed by atoms with van der Waals surface area (Å²) in [6.07, 6.45) is 1.51. The van der Waals surface area contributed by atoms with Crippen LogP contribution in [0.2, 0.25) is 0 Å². The number of rotatable bonds is 8. The fourth-order valence-corrected chi connectivity index (χ4v) is 2.91. The van der Waals surface area contributed by atoms with Crippen LogP contribution in [0.3, 0.4) is 0 Å². The van der Waals surface area contributed by atoms with E-state index in [2.05, 4.69) is 25.9 Å². The molecule has 0 aliphatic heterocycles. The van der Waals surface area contributed by atoms with Crippen LogP contribution in [0.1, 0.15) is 10.6 Å². The number of ether oxygens (including phenoxy) is 2. The molecule has 0 saturated heterocycles. The molecular weight excluding hydrogens is 390 g/mol. The lowest BCUT2D eigenvalue weighted by Gasteiger charge is -2.10. The Labute approximate surface area is 162 Å². The molecule has 0 saturated carbocycles. The molecule has 12 nitrogen and oxygen atoms in total. The van der Waals surface area contributed by atoms with Crippen molar-refractivity contribution >= 4 is 33.9 Å². The van der Waals surface area contributed by atoms with Crippen molar-refractivity contribution in [1.82, 2.24) is 20.0 Å². The SMILES string of the molecule is COCCNc1cc(C(=O)Nc2nnc(-n3nccc3N)s2)oc(=O)c1OC. The van der Waals surface area contributed by atoms with Crippen LogP contribution in [0.4, 0.5) is 16.6 Å². The highest BCUT2D eigenvalue weighted by Gasteiger charge is 2.19. The maximum atomic E-state index is 12.5. The molecular formula is C15H17N7O5S. The Morgan fingerprint density at radius 1 is 1.39 bits per heavy atom. The highest BCUT2D eigenvalue weighted by Crippen LogP contribution is 2.24. The first-order valence-electron chi connectivity index (χ1n) is 7.93. The predicted octanol–water partition coefficient (Wildman–Crippen LogP) is 0.578. The predicted molar refractivity (Wildman–Crippen MR) is 101 cm³/mol. The Morgan fingerprint density at radius 2 is 2.21 bits per heavy atom. The van der Waals surface area contributed by atoms with Gasteiger partial charge < -0.3 is 24.9 Å². The summed E-state index contributed by atoms with van der Waals surface area (Å²) < 4.78 is 16.4. The van der Waals surface area contributed by atoms with Crippen LogP contribution in [-0.4, -0.2) is 53.3 Å². The van der Waals surface area contributed by atoms with Gasteiger partial charge in [-0.25, -0.2) is 4.79 Å². The zero-order valence-electron chi connectivity index (χ0n) is 15.0. The molecule has 0 radical (unpaired) electrons. The second-order valence-corrected chi connectivity index (χ2v) is 6.23. The number of amides is 1. The molecule has 28 heavy (non-hydrogen) atoms. The van der Waals surface area contributed by atoms with E-state index < -0.39 is 11.5 Å². The average molecular weight is 407 g/mol. The average Bonchev–Trinajstić information content (AvgIpc) is 3.30. The molecule has 0 aromatic carbocycles. The van der Waals surface area contributed by atoms with Crippen molar-refractivity contribution in [2.45, 2.75) is 0 Å². The van der Waals surface area contributed by atoms with Gasteiger partial charge in [-0.2, -0.15) is 9.78 Å². The van der Waals surface area contributed by atoms with Crippen LogP contribution in [0.5, 0.6) is 5.75 Å². The van der Waals surface area contributed by atoms with E-state index in [1.165, 1.54) is 24.1 Å². The number of anilines is 3. The first-order valence-corrected chi connectivity index (χ1v) is 8.74. The highest BCUT2D eigenvalue weighted by molar-refractivity contribution is 7.17. The number of nitrogens with zero attached hydrogens (tertiary/aromatic N) is 4. The Bertz CT molecular complexity index is 1030. The number of hydrogen-bond acceptors (Lipinski definition) is 11. The largest absolute Gasteiger partial charge is 0.488 e. The molecule has 3 heterocycles. The third kappa shape index (κ3) is 4.10. The molecule has 0 bridgehead atoms. The minimum absolute atomic E-state index is 0.0417. The lowest BCUT2D eigenvalue weighted by atomic mass is 10.3. The minimum Gasteiger partial charge on any atom is -0.488 e. The summed E-state index contributed by atoms with van der Waals surface area (Å²) in [4.78, 5) is 24.6. The van der Waals surface area contributed by atoms with Crippen LogP contribution in [-0.2, 0) is 4.74 Å². The lowest BCUT2D eigenvalue weighted by molar-refractivity contribution is 0.0991. The van der Waals surface area contributed by atoms with Gasteiger partial charge in [-0.05, 0) is 0 Å². The van der Waals surface area contributed by atoms with E-state index in [-0.39, 0.29) is 16.6 Å². The topological polar surface area (TPSA) is 159 Å². The van der Waals surface area contributed by atoms with E-state index >= 15 is 0 Å². The van der Waals surface area contributed by atoms with Crippen molar-refractivity contribution in [3.05, 3.63) is 34.5 Å². The number of hydrogen-bond donors (Lipinski definition) is 3. The quantitative estimate of drug-likeness (QED) is 0.451. The fourth-order valence-electron chi connectivity index (χ4n) is 2.19. The Hall–Kier alpha value is -3.45. The van der Waals surface area contributed by atoms with Gasteiger partial charge in [0.1, 0.15) is 5.82 Å². The molecule has 0 unspecified atom stereocenters. The van der Waals surface area contributed by atoms with Crippen molar-refractivity contribution in [2.75, 3.05) is 43.7 Å². The van der Waals surface area contributed by atoms with Crippen molar-refractivity contribution < 1.29 is 18.7 Å². The van der Waals surface area contributed by atoms with Crippen molar-refractivity contribution in [2.24, 2.45) is 0 Å². The summed E-state index contributed by atoms with van der Waals surface area (Å²) in [6, 6.07) is 2.96. The van der Waals surface area contributed by atoms with E-state index in [1.807, 2.05) is 0 Å². The van der Waals surface area contributed by atoms with Gasteiger partial charge in [0.05, 0.1) is 25.6 Å². The molecule has 0 aliphatic rings. The van der Waals surface area contributed by atoms with Crippen molar-refractivity contribution in [3.8, 4) is 10.9 Å². The zero-order valence-corrected chi connectivity index (χ0v) is 15.8. The highest BCUT2D eigenvalue weighted by atomic mass is 32.1. The second-order valence-electron chi connectivity index (χ2n) is 5.28. The molecule has 148 valence electrons. The van der Waals surface area contributed by atoms with Crippen molar-refractivity contribution in [3.63, 3.8) is 0 Å². The van der Waals surface area contributed by atoms with Crippen LogP contribution in [0, 0.1) is 0 Å². The standard InChI is InChI=1S/C15H17N7O5S/c1-25-6-5-17-8-7-9(27-13(24)11(8)26-2)12(23)19-14-20-21-15(28-14)22-10(16)3-4-18-22/h3-4,7,17H,5-6,16H2,1-2H3,(H,19,20,23). The third-order valence-electron chi connectivity index (χ3n) is 3.45. The number of carbonyl (C=O) groups is 1. The number of aromatic nitrogens is 4. The normalized spacial score (nSPS) is 10.6. The van der Waals surface area contributed by atoms with Gasteiger partial charge >= 0.3 is 5.63 Å². The summed E-state index contributed by atoms with van der Waals surface area (Å²) in [5.74, 6) is -0.561. The van der Waals surface area contributed by atoms with Gasteiger partial charge in [0, 0.05) is 25.8 Å². The molecule has 3 rings (SSSR count). The third-order valence-corrected chi connectivity index (χ3v) is 4.26. The maximum absolute atomic E-state index is 12.5. The summed E-state index contributed by atoms with van der Waals surface area (Å²) in [5.41, 5.74) is 5.27. The first kappa shape index (κ1) is 19.3. The van der Waals surface area contributed by atoms with E-state index in [9.17, 15) is 9.59 Å². The van der Waals surface area contributed by atoms with Crippen LogP contribution in [0.25, 0.3) is 5.13 Å². The van der Waals surface area contributed by atoms with E-state index in [1.54, 1.807) is 13.2 Å². The van der Waals surface area contributed by atoms with Gasteiger partial charge in [-0.3, -0.25) is 10.1 Å². The summed E-state index contributed by atoms with van der Waals surface area (Å²) >= 11 is 1.05. The number of methoxy groups -OCH3 is 2. The van der Waals surface area contributed by atoms with E-state index in [4.69, 9.17) is 19.6 Å². The molecule has 1 amide bonds. The maximum Gasteiger partial charge on any atom is 0.381 e. The molecule has 0 spiro atoms.